The van der Waals surface area contributed by atoms with Gasteiger partial charge in [0.1, 0.15) is 15.7 Å². The molecule has 0 unspecified atom stereocenters. The predicted octanol–water partition coefficient (Wildman–Crippen LogP) is 2.75. The molecule has 4 heterocycles. The summed E-state index contributed by atoms with van der Waals surface area (Å²) < 4.78 is 1.32. The maximum Gasteiger partial charge on any atom is 0.277 e. The van der Waals surface area contributed by atoms with E-state index in [1.54, 1.807) is 20.2 Å². The number of aromatic nitrogens is 4. The Morgan fingerprint density at radius 1 is 1.19 bits per heavy atom. The molecule has 8 nitrogen and oxygen atoms in total. The van der Waals surface area contributed by atoms with Gasteiger partial charge in [0, 0.05) is 32.9 Å². The van der Waals surface area contributed by atoms with Crippen LogP contribution >= 0.6 is 11.3 Å². The molecule has 0 saturated carbocycles. The van der Waals surface area contributed by atoms with Crippen molar-refractivity contribution in [3.63, 3.8) is 0 Å². The van der Waals surface area contributed by atoms with Gasteiger partial charge in [-0.05, 0) is 56.9 Å². The number of hydrogen-bond donors (Lipinski definition) is 1. The van der Waals surface area contributed by atoms with E-state index >= 15 is 0 Å². The summed E-state index contributed by atoms with van der Waals surface area (Å²) in [5.74, 6) is 0.765. The first kappa shape index (κ1) is 21.2. The number of aryl methyl sites for hydroxylation is 3. The van der Waals surface area contributed by atoms with Crippen LogP contribution in [0.4, 0.5) is 5.82 Å². The molecule has 9 heteroatoms. The first-order valence-electron chi connectivity index (χ1n) is 10.4. The van der Waals surface area contributed by atoms with Gasteiger partial charge in [-0.15, -0.1) is 11.3 Å². The minimum atomic E-state index is -0.213. The van der Waals surface area contributed by atoms with Gasteiger partial charge in [0.05, 0.1) is 17.0 Å². The zero-order chi connectivity index (χ0) is 22.1. The van der Waals surface area contributed by atoms with Crippen molar-refractivity contribution in [2.75, 3.05) is 18.0 Å². The van der Waals surface area contributed by atoms with Gasteiger partial charge < -0.3 is 10.2 Å². The van der Waals surface area contributed by atoms with E-state index in [0.29, 0.717) is 27.7 Å². The summed E-state index contributed by atoms with van der Waals surface area (Å²) in [7, 11) is 1.62. The molecular weight excluding hydrogens is 412 g/mol. The summed E-state index contributed by atoms with van der Waals surface area (Å²) in [5.41, 5.74) is 3.46. The number of hydrogen-bond acceptors (Lipinski definition) is 7. The van der Waals surface area contributed by atoms with E-state index in [-0.39, 0.29) is 11.5 Å². The van der Waals surface area contributed by atoms with E-state index in [2.05, 4.69) is 25.3 Å². The molecule has 3 aromatic heterocycles. The van der Waals surface area contributed by atoms with Crippen LogP contribution in [-0.4, -0.2) is 38.7 Å². The molecule has 1 fully saturated rings. The van der Waals surface area contributed by atoms with Gasteiger partial charge in [0.15, 0.2) is 0 Å². The van der Waals surface area contributed by atoms with Gasteiger partial charge in [-0.1, -0.05) is 0 Å². The van der Waals surface area contributed by atoms with Crippen molar-refractivity contribution in [2.45, 2.75) is 40.2 Å². The van der Waals surface area contributed by atoms with Crippen LogP contribution in [-0.2, 0) is 13.6 Å². The highest BCUT2D eigenvalue weighted by molar-refractivity contribution is 7.17. The Balaban J connectivity index is 1.53. The van der Waals surface area contributed by atoms with Crippen molar-refractivity contribution in [2.24, 2.45) is 7.05 Å². The van der Waals surface area contributed by atoms with Gasteiger partial charge in [-0.3, -0.25) is 9.59 Å². The fraction of sp³-hybridized carbons (Fsp3) is 0.409. The molecule has 162 valence electrons. The number of pyridine rings is 1. The number of rotatable bonds is 5. The fourth-order valence-electron chi connectivity index (χ4n) is 3.77. The second-order valence-corrected chi connectivity index (χ2v) is 8.85. The van der Waals surface area contributed by atoms with E-state index < -0.39 is 0 Å². The molecule has 31 heavy (non-hydrogen) atoms. The Bertz CT molecular complexity index is 1190. The molecule has 1 N–H and O–H groups in total. The zero-order valence-corrected chi connectivity index (χ0v) is 19.0. The smallest absolute Gasteiger partial charge is 0.277 e. The summed E-state index contributed by atoms with van der Waals surface area (Å²) in [5, 5.41) is 7.74. The molecule has 1 saturated heterocycles. The third-order valence-corrected chi connectivity index (χ3v) is 6.81. The second kappa shape index (κ2) is 8.58. The predicted molar refractivity (Wildman–Crippen MR) is 122 cm³/mol. The van der Waals surface area contributed by atoms with Gasteiger partial charge in [0.2, 0.25) is 0 Å². The van der Waals surface area contributed by atoms with Crippen LogP contribution in [0.5, 0.6) is 0 Å². The van der Waals surface area contributed by atoms with Gasteiger partial charge in [-0.2, -0.15) is 5.10 Å². The highest BCUT2D eigenvalue weighted by Crippen LogP contribution is 2.28. The Labute approximate surface area is 185 Å². The van der Waals surface area contributed by atoms with E-state index in [1.165, 1.54) is 28.9 Å². The molecule has 1 aliphatic heterocycles. The molecule has 1 aliphatic rings. The Morgan fingerprint density at radius 2 is 1.94 bits per heavy atom. The second-order valence-electron chi connectivity index (χ2n) is 7.85. The zero-order valence-electron chi connectivity index (χ0n) is 18.2. The van der Waals surface area contributed by atoms with Crippen LogP contribution < -0.4 is 15.8 Å². The Hall–Kier alpha value is -3.07. The van der Waals surface area contributed by atoms with Crippen LogP contribution in [0.1, 0.15) is 45.0 Å². The van der Waals surface area contributed by atoms with Crippen molar-refractivity contribution in [1.82, 2.24) is 25.1 Å². The standard InChI is InChI=1S/C22H26N6O2S/c1-13-14(2)26-27(4)22(30)18(13)21-25-15(3)19(31-21)20(29)24-12-16-7-8-23-17(11-16)28-9-5-6-10-28/h7-8,11H,5-6,9-10,12H2,1-4H3,(H,24,29). The number of carbonyl (C=O) groups excluding carboxylic acids is 1. The van der Waals surface area contributed by atoms with E-state index in [9.17, 15) is 9.59 Å². The highest BCUT2D eigenvalue weighted by atomic mass is 32.1. The van der Waals surface area contributed by atoms with Crippen LogP contribution in [0.25, 0.3) is 10.6 Å². The number of nitrogens with one attached hydrogen (secondary N) is 1. The first-order chi connectivity index (χ1) is 14.8. The van der Waals surface area contributed by atoms with E-state index in [0.717, 1.165) is 35.7 Å². The average Bonchev–Trinajstić information content (AvgIpc) is 3.41. The molecule has 0 bridgehead atoms. The summed E-state index contributed by atoms with van der Waals surface area (Å²) in [6, 6.07) is 3.95. The quantitative estimate of drug-likeness (QED) is 0.658. The van der Waals surface area contributed by atoms with Crippen LogP contribution in [0.15, 0.2) is 23.1 Å². The van der Waals surface area contributed by atoms with Crippen molar-refractivity contribution in [1.29, 1.82) is 0 Å². The van der Waals surface area contributed by atoms with Gasteiger partial charge in [0.25, 0.3) is 11.5 Å². The van der Waals surface area contributed by atoms with Crippen molar-refractivity contribution >= 4 is 23.1 Å². The van der Waals surface area contributed by atoms with Crippen molar-refractivity contribution in [3.8, 4) is 10.6 Å². The third-order valence-electron chi connectivity index (χ3n) is 5.64. The molecule has 0 radical (unpaired) electrons. The number of thiazole rings is 1. The molecule has 0 spiro atoms. The summed E-state index contributed by atoms with van der Waals surface area (Å²) in [4.78, 5) is 37.3. The highest BCUT2D eigenvalue weighted by Gasteiger charge is 2.21. The maximum atomic E-state index is 12.9. The first-order valence-corrected chi connectivity index (χ1v) is 11.2. The summed E-state index contributed by atoms with van der Waals surface area (Å²) in [6.45, 7) is 7.97. The molecule has 0 aromatic carbocycles. The normalized spacial score (nSPS) is 13.6. The van der Waals surface area contributed by atoms with Crippen LogP contribution in [0.2, 0.25) is 0 Å². The number of nitrogens with zero attached hydrogens (tertiary/aromatic N) is 5. The molecular formula is C22H26N6O2S. The lowest BCUT2D eigenvalue weighted by Crippen LogP contribution is -2.23. The van der Waals surface area contributed by atoms with E-state index in [1.807, 2.05) is 26.0 Å². The van der Waals surface area contributed by atoms with Gasteiger partial charge in [-0.25, -0.2) is 14.6 Å². The average molecular weight is 439 g/mol. The molecule has 0 aliphatic carbocycles. The Kier molecular flexibility index (Phi) is 5.86. The van der Waals surface area contributed by atoms with Crippen molar-refractivity contribution in [3.05, 3.63) is 56.1 Å². The molecule has 1 amide bonds. The molecule has 4 rings (SSSR count). The lowest BCUT2D eigenvalue weighted by Gasteiger charge is -2.16. The molecule has 3 aromatic rings. The largest absolute Gasteiger partial charge is 0.357 e. The lowest BCUT2D eigenvalue weighted by molar-refractivity contribution is 0.0954. The maximum absolute atomic E-state index is 12.9. The van der Waals surface area contributed by atoms with Crippen molar-refractivity contribution < 1.29 is 4.79 Å². The lowest BCUT2D eigenvalue weighted by atomic mass is 10.1. The fourth-order valence-corrected chi connectivity index (χ4v) is 4.84. The van der Waals surface area contributed by atoms with Crippen LogP contribution in [0, 0.1) is 20.8 Å². The molecule has 0 atom stereocenters. The van der Waals surface area contributed by atoms with Crippen LogP contribution in [0.3, 0.4) is 0 Å². The number of anilines is 1. The summed E-state index contributed by atoms with van der Waals surface area (Å²) >= 11 is 1.24. The number of carbonyl (C=O) groups is 1. The number of amides is 1. The minimum Gasteiger partial charge on any atom is -0.357 e. The van der Waals surface area contributed by atoms with Gasteiger partial charge >= 0.3 is 0 Å². The Morgan fingerprint density at radius 3 is 2.68 bits per heavy atom. The minimum absolute atomic E-state index is 0.193. The monoisotopic (exact) mass is 438 g/mol. The summed E-state index contributed by atoms with van der Waals surface area (Å²) in [6.07, 6.45) is 4.17. The van der Waals surface area contributed by atoms with E-state index in [4.69, 9.17) is 0 Å². The SMILES string of the molecule is Cc1nc(-c2c(C)c(C)nn(C)c2=O)sc1C(=O)NCc1ccnc(N2CCCC2)c1. The topological polar surface area (TPSA) is 93.0 Å². The third kappa shape index (κ3) is 4.23.